The molecule has 0 atom stereocenters. The summed E-state index contributed by atoms with van der Waals surface area (Å²) in [6, 6.07) is 82.0. The largest absolute Gasteiger partial charge is 0.0622 e. The molecule has 0 saturated heterocycles. The maximum atomic E-state index is 2.32. The van der Waals surface area contributed by atoms with Crippen molar-refractivity contribution in [3.63, 3.8) is 0 Å². The molecule has 0 spiro atoms. The molecule has 0 heteroatoms. The van der Waals surface area contributed by atoms with Crippen LogP contribution in [0.5, 0.6) is 0 Å². The highest BCUT2D eigenvalue weighted by Crippen LogP contribution is 2.34. The van der Waals surface area contributed by atoms with Gasteiger partial charge in [0.05, 0.1) is 0 Å². The molecule has 0 heterocycles. The van der Waals surface area contributed by atoms with Crippen LogP contribution in [-0.4, -0.2) is 0 Å². The maximum Gasteiger partial charge on any atom is -0.0105 e. The standard InChI is InChI=1S/C57H40/c1-39-7-9-50(10-8-39)52-33-35-56-54(37-52)31-32-55-38-53(34-36-57(55)56)51-29-27-49(28-30-51)48-25-23-47(24-26-48)46-21-19-45(20-22-46)44-17-15-43(16-18-44)42-13-11-41(12-14-42)40-5-3-2-4-6-40/h2-38H,1H3. The summed E-state index contributed by atoms with van der Waals surface area (Å²) in [5, 5.41) is 5.10. The summed E-state index contributed by atoms with van der Waals surface area (Å²) in [4.78, 5) is 0. The van der Waals surface area contributed by atoms with Gasteiger partial charge < -0.3 is 0 Å². The molecule has 268 valence electrons. The molecule has 10 aromatic rings. The highest BCUT2D eigenvalue weighted by Gasteiger charge is 2.08. The summed E-state index contributed by atoms with van der Waals surface area (Å²) < 4.78 is 0. The van der Waals surface area contributed by atoms with Gasteiger partial charge in [-0.1, -0.05) is 218 Å². The highest BCUT2D eigenvalue weighted by atomic mass is 14.1. The number of hydrogen-bond acceptors (Lipinski definition) is 0. The van der Waals surface area contributed by atoms with Crippen LogP contribution < -0.4 is 0 Å². The lowest BCUT2D eigenvalue weighted by atomic mass is 9.94. The minimum Gasteiger partial charge on any atom is -0.0622 e. The van der Waals surface area contributed by atoms with Crippen LogP contribution in [0, 0.1) is 6.92 Å². The van der Waals surface area contributed by atoms with Crippen molar-refractivity contribution in [1.82, 2.24) is 0 Å². The summed E-state index contributed by atoms with van der Waals surface area (Å²) >= 11 is 0. The third kappa shape index (κ3) is 6.95. The van der Waals surface area contributed by atoms with Crippen molar-refractivity contribution in [2.24, 2.45) is 0 Å². The van der Waals surface area contributed by atoms with Crippen LogP contribution in [0.1, 0.15) is 5.56 Å². The lowest BCUT2D eigenvalue weighted by molar-refractivity contribution is 1.47. The summed E-state index contributed by atoms with van der Waals surface area (Å²) in [6.07, 6.45) is 0. The molecular weight excluding hydrogens is 685 g/mol. The first-order valence-electron chi connectivity index (χ1n) is 19.7. The van der Waals surface area contributed by atoms with Gasteiger partial charge in [-0.05, 0) is 118 Å². The summed E-state index contributed by atoms with van der Waals surface area (Å²) in [6.45, 7) is 2.13. The Labute approximate surface area is 335 Å². The van der Waals surface area contributed by atoms with Crippen LogP contribution >= 0.6 is 0 Å². The molecular formula is C57H40. The number of rotatable bonds is 7. The van der Waals surface area contributed by atoms with Gasteiger partial charge in [0.15, 0.2) is 0 Å². The number of fused-ring (bicyclic) bond motifs is 3. The van der Waals surface area contributed by atoms with Gasteiger partial charge in [0.1, 0.15) is 0 Å². The Hall–Kier alpha value is -7.28. The van der Waals surface area contributed by atoms with E-state index in [1.54, 1.807) is 0 Å². The fraction of sp³-hybridized carbons (Fsp3) is 0.0175. The Morgan fingerprint density at radius 1 is 0.193 bits per heavy atom. The average molecular weight is 725 g/mol. The molecule has 0 nitrogen and oxygen atoms in total. The monoisotopic (exact) mass is 724 g/mol. The van der Waals surface area contributed by atoms with Crippen LogP contribution in [0.15, 0.2) is 224 Å². The van der Waals surface area contributed by atoms with Crippen LogP contribution in [0.4, 0.5) is 0 Å². The second-order valence-electron chi connectivity index (χ2n) is 15.1. The average Bonchev–Trinajstić information content (AvgIpc) is 3.29. The molecule has 0 aromatic heterocycles. The molecule has 0 N–H and O–H groups in total. The molecule has 0 radical (unpaired) electrons. The van der Waals surface area contributed by atoms with Crippen molar-refractivity contribution in [3.05, 3.63) is 230 Å². The molecule has 0 bridgehead atoms. The van der Waals surface area contributed by atoms with E-state index in [1.165, 1.54) is 105 Å². The third-order valence-electron chi connectivity index (χ3n) is 11.4. The predicted octanol–water partition coefficient (Wildman–Crippen LogP) is 16.0. The molecule has 0 amide bonds. The minimum atomic E-state index is 1.21. The smallest absolute Gasteiger partial charge is 0.0105 e. The molecule has 57 heavy (non-hydrogen) atoms. The van der Waals surface area contributed by atoms with Gasteiger partial charge in [-0.2, -0.15) is 0 Å². The Kier molecular flexibility index (Phi) is 8.86. The van der Waals surface area contributed by atoms with E-state index in [9.17, 15) is 0 Å². The lowest BCUT2D eigenvalue weighted by Crippen LogP contribution is -1.85. The molecule has 0 aliphatic rings. The Morgan fingerprint density at radius 3 is 0.719 bits per heavy atom. The molecule has 10 rings (SSSR count). The first-order chi connectivity index (χ1) is 28.1. The van der Waals surface area contributed by atoms with Gasteiger partial charge in [0, 0.05) is 0 Å². The normalized spacial score (nSPS) is 11.2. The third-order valence-corrected chi connectivity index (χ3v) is 11.4. The molecule has 0 saturated carbocycles. The first-order valence-corrected chi connectivity index (χ1v) is 19.7. The van der Waals surface area contributed by atoms with Crippen molar-refractivity contribution in [2.45, 2.75) is 6.92 Å². The fourth-order valence-electron chi connectivity index (χ4n) is 8.08. The van der Waals surface area contributed by atoms with E-state index in [4.69, 9.17) is 0 Å². The van der Waals surface area contributed by atoms with E-state index >= 15 is 0 Å². The molecule has 0 aliphatic heterocycles. The molecule has 0 aliphatic carbocycles. The van der Waals surface area contributed by atoms with Crippen molar-refractivity contribution in [2.75, 3.05) is 0 Å². The molecule has 0 fully saturated rings. The molecule has 0 unspecified atom stereocenters. The van der Waals surface area contributed by atoms with Gasteiger partial charge in [-0.3, -0.25) is 0 Å². The van der Waals surface area contributed by atoms with Crippen molar-refractivity contribution in [1.29, 1.82) is 0 Å². The zero-order valence-corrected chi connectivity index (χ0v) is 31.9. The number of hydrogen-bond donors (Lipinski definition) is 0. The van der Waals surface area contributed by atoms with Crippen molar-refractivity contribution >= 4 is 21.5 Å². The lowest BCUT2D eigenvalue weighted by Gasteiger charge is -2.10. The van der Waals surface area contributed by atoms with Crippen molar-refractivity contribution < 1.29 is 0 Å². The van der Waals surface area contributed by atoms with Crippen LogP contribution in [0.3, 0.4) is 0 Å². The van der Waals surface area contributed by atoms with E-state index in [2.05, 4.69) is 231 Å². The van der Waals surface area contributed by atoms with Crippen molar-refractivity contribution in [3.8, 4) is 77.9 Å². The van der Waals surface area contributed by atoms with Gasteiger partial charge in [0.25, 0.3) is 0 Å². The van der Waals surface area contributed by atoms with Gasteiger partial charge in [0.2, 0.25) is 0 Å². The Morgan fingerprint density at radius 2 is 0.421 bits per heavy atom. The van der Waals surface area contributed by atoms with Crippen LogP contribution in [-0.2, 0) is 0 Å². The van der Waals surface area contributed by atoms with Crippen LogP contribution in [0.25, 0.3) is 99.4 Å². The van der Waals surface area contributed by atoms with E-state index in [0.29, 0.717) is 0 Å². The summed E-state index contributed by atoms with van der Waals surface area (Å²) in [7, 11) is 0. The highest BCUT2D eigenvalue weighted by molar-refractivity contribution is 6.09. The van der Waals surface area contributed by atoms with E-state index < -0.39 is 0 Å². The molecule has 10 aromatic carbocycles. The summed E-state index contributed by atoms with van der Waals surface area (Å²) in [5.74, 6) is 0. The topological polar surface area (TPSA) is 0 Å². The van der Waals surface area contributed by atoms with Gasteiger partial charge >= 0.3 is 0 Å². The minimum absolute atomic E-state index is 1.21. The number of benzene rings is 10. The second kappa shape index (κ2) is 14.8. The Bertz CT molecular complexity index is 2970. The van der Waals surface area contributed by atoms with E-state index in [-0.39, 0.29) is 0 Å². The van der Waals surface area contributed by atoms with E-state index in [0.717, 1.165) is 0 Å². The number of aryl methyl sites for hydroxylation is 1. The quantitative estimate of drug-likeness (QED) is 0.144. The first kappa shape index (κ1) is 34.2. The summed E-state index contributed by atoms with van der Waals surface area (Å²) in [5.41, 5.74) is 18.5. The van der Waals surface area contributed by atoms with Gasteiger partial charge in [-0.25, -0.2) is 0 Å². The Balaban J connectivity index is 0.810. The van der Waals surface area contributed by atoms with E-state index in [1.807, 2.05) is 0 Å². The maximum absolute atomic E-state index is 2.32. The zero-order chi connectivity index (χ0) is 38.1. The predicted molar refractivity (Wildman–Crippen MR) is 244 cm³/mol. The van der Waals surface area contributed by atoms with Crippen LogP contribution in [0.2, 0.25) is 0 Å². The fourth-order valence-corrected chi connectivity index (χ4v) is 8.08. The second-order valence-corrected chi connectivity index (χ2v) is 15.1. The van der Waals surface area contributed by atoms with Gasteiger partial charge in [-0.15, -0.1) is 0 Å². The zero-order valence-electron chi connectivity index (χ0n) is 31.9. The SMILES string of the molecule is Cc1ccc(-c2ccc3c(ccc4cc(-c5ccc(-c6ccc(-c7ccc(-c8ccc(-c9ccc(-c%10ccccc%10)cc9)cc8)cc7)cc6)cc5)ccc43)c2)cc1.